The first kappa shape index (κ1) is 19.3. The third-order valence-corrected chi connectivity index (χ3v) is 5.17. The summed E-state index contributed by atoms with van der Waals surface area (Å²) in [6, 6.07) is 12.6. The van der Waals surface area contributed by atoms with Crippen molar-refractivity contribution in [1.29, 1.82) is 0 Å². The van der Waals surface area contributed by atoms with Gasteiger partial charge in [0.05, 0.1) is 32.3 Å². The van der Waals surface area contributed by atoms with Gasteiger partial charge < -0.3 is 10.6 Å². The fourth-order valence-electron chi connectivity index (χ4n) is 2.21. The van der Waals surface area contributed by atoms with Gasteiger partial charge in [0, 0.05) is 12.3 Å². The molecule has 0 atom stereocenters. The summed E-state index contributed by atoms with van der Waals surface area (Å²) in [4.78, 5) is 0. The van der Waals surface area contributed by atoms with Crippen LogP contribution in [-0.2, 0) is 6.54 Å². The van der Waals surface area contributed by atoms with Crippen LogP contribution in [0.25, 0.3) is 0 Å². The quantitative estimate of drug-likeness (QED) is 0.458. The van der Waals surface area contributed by atoms with Crippen LogP contribution < -0.4 is 10.6 Å². The maximum absolute atomic E-state index is 6.14. The highest BCUT2D eigenvalue weighted by molar-refractivity contribution is 7.80. The number of anilines is 2. The van der Waals surface area contributed by atoms with Gasteiger partial charge in [0.25, 0.3) is 0 Å². The van der Waals surface area contributed by atoms with Gasteiger partial charge in [0.2, 0.25) is 0 Å². The van der Waals surface area contributed by atoms with Crippen molar-refractivity contribution < 1.29 is 0 Å². The van der Waals surface area contributed by atoms with Crippen LogP contribution in [0.4, 0.5) is 11.5 Å². The van der Waals surface area contributed by atoms with Crippen LogP contribution in [-0.4, -0.2) is 14.9 Å². The number of nitrogens with one attached hydrogen (secondary N) is 2. The van der Waals surface area contributed by atoms with Crippen LogP contribution in [0.2, 0.25) is 20.1 Å². The molecule has 2 aromatic carbocycles. The van der Waals surface area contributed by atoms with E-state index in [-0.39, 0.29) is 0 Å². The molecule has 134 valence electrons. The van der Waals surface area contributed by atoms with E-state index in [1.54, 1.807) is 28.9 Å². The first-order chi connectivity index (χ1) is 12.4. The van der Waals surface area contributed by atoms with E-state index in [2.05, 4.69) is 15.7 Å². The van der Waals surface area contributed by atoms with Crippen LogP contribution >= 0.6 is 58.6 Å². The van der Waals surface area contributed by atoms with E-state index in [1.165, 1.54) is 0 Å². The fourth-order valence-corrected chi connectivity index (χ4v) is 3.09. The Labute approximate surface area is 176 Å². The number of thiocarbonyl (C=S) groups is 1. The van der Waals surface area contributed by atoms with Gasteiger partial charge in [-0.3, -0.25) is 4.68 Å². The standard InChI is InChI=1S/C17H12Cl4N4S/c18-11-5-4-10(8-13(11)20)9-25-7-6-15(24-25)23-17(26)22-14-3-1-2-12(19)16(14)21/h1-8H,9H2,(H2,22,23,24,26). The smallest absolute Gasteiger partial charge is 0.176 e. The molecule has 0 saturated heterocycles. The summed E-state index contributed by atoms with van der Waals surface area (Å²) in [5.41, 5.74) is 1.60. The maximum Gasteiger partial charge on any atom is 0.176 e. The molecule has 1 heterocycles. The summed E-state index contributed by atoms with van der Waals surface area (Å²) in [7, 11) is 0. The van der Waals surface area contributed by atoms with E-state index in [9.17, 15) is 0 Å². The number of halogens is 4. The minimum atomic E-state index is 0.356. The van der Waals surface area contributed by atoms with Gasteiger partial charge in [0.15, 0.2) is 10.9 Å². The van der Waals surface area contributed by atoms with Crippen LogP contribution in [0.15, 0.2) is 48.7 Å². The minimum absolute atomic E-state index is 0.356. The number of rotatable bonds is 4. The summed E-state index contributed by atoms with van der Waals surface area (Å²) in [5, 5.41) is 12.7. The summed E-state index contributed by atoms with van der Waals surface area (Å²) in [5.74, 6) is 0.598. The van der Waals surface area contributed by atoms with E-state index < -0.39 is 0 Å². The van der Waals surface area contributed by atoms with Gasteiger partial charge in [-0.25, -0.2) is 0 Å². The third kappa shape index (κ3) is 4.81. The van der Waals surface area contributed by atoms with Gasteiger partial charge in [-0.2, -0.15) is 5.10 Å². The molecule has 0 aliphatic heterocycles. The Kier molecular flexibility index (Phi) is 6.27. The maximum atomic E-state index is 6.14. The molecule has 1 aromatic heterocycles. The highest BCUT2D eigenvalue weighted by atomic mass is 35.5. The van der Waals surface area contributed by atoms with Crippen molar-refractivity contribution in [2.45, 2.75) is 6.54 Å². The average Bonchev–Trinajstić information content (AvgIpc) is 3.02. The first-order valence-corrected chi connectivity index (χ1v) is 9.34. The van der Waals surface area contributed by atoms with Crippen molar-refractivity contribution in [3.05, 3.63) is 74.3 Å². The van der Waals surface area contributed by atoms with Gasteiger partial charge in [-0.15, -0.1) is 0 Å². The summed E-state index contributed by atoms with van der Waals surface area (Å²) in [6.45, 7) is 0.554. The second-order valence-electron chi connectivity index (χ2n) is 5.33. The van der Waals surface area contributed by atoms with Crippen molar-refractivity contribution in [3.8, 4) is 0 Å². The molecule has 0 bridgehead atoms. The predicted molar refractivity (Wildman–Crippen MR) is 114 cm³/mol. The number of hydrogen-bond acceptors (Lipinski definition) is 2. The van der Waals surface area contributed by atoms with Crippen LogP contribution in [0.3, 0.4) is 0 Å². The van der Waals surface area contributed by atoms with Crippen molar-refractivity contribution >= 4 is 75.2 Å². The van der Waals surface area contributed by atoms with E-state index >= 15 is 0 Å². The van der Waals surface area contributed by atoms with Crippen molar-refractivity contribution in [3.63, 3.8) is 0 Å². The summed E-state index contributed by atoms with van der Waals surface area (Å²) in [6.07, 6.45) is 1.83. The Morgan fingerprint density at radius 2 is 1.77 bits per heavy atom. The zero-order valence-electron chi connectivity index (χ0n) is 13.1. The van der Waals surface area contributed by atoms with Crippen molar-refractivity contribution in [2.24, 2.45) is 0 Å². The van der Waals surface area contributed by atoms with Gasteiger partial charge >= 0.3 is 0 Å². The molecule has 0 fully saturated rings. The second kappa shape index (κ2) is 8.46. The van der Waals surface area contributed by atoms with Crippen molar-refractivity contribution in [1.82, 2.24) is 9.78 Å². The molecule has 3 aromatic rings. The minimum Gasteiger partial charge on any atom is -0.331 e. The lowest BCUT2D eigenvalue weighted by atomic mass is 10.2. The Balaban J connectivity index is 1.63. The molecular formula is C17H12Cl4N4S. The van der Waals surface area contributed by atoms with Crippen LogP contribution in [0.5, 0.6) is 0 Å². The average molecular weight is 446 g/mol. The SMILES string of the molecule is S=C(Nc1ccn(Cc2ccc(Cl)c(Cl)c2)n1)Nc1cccc(Cl)c1Cl. The monoisotopic (exact) mass is 444 g/mol. The number of benzene rings is 2. The molecule has 2 N–H and O–H groups in total. The predicted octanol–water partition coefficient (Wildman–Crippen LogP) is 6.35. The van der Waals surface area contributed by atoms with Gasteiger partial charge in [-0.1, -0.05) is 58.5 Å². The molecule has 0 aliphatic carbocycles. The molecule has 0 spiro atoms. The zero-order valence-corrected chi connectivity index (χ0v) is 17.0. The molecule has 9 heteroatoms. The molecule has 4 nitrogen and oxygen atoms in total. The van der Waals surface area contributed by atoms with Crippen molar-refractivity contribution in [2.75, 3.05) is 10.6 Å². The van der Waals surface area contributed by atoms with E-state index in [0.29, 0.717) is 43.3 Å². The molecule has 0 unspecified atom stereocenters. The highest BCUT2D eigenvalue weighted by Gasteiger charge is 2.08. The second-order valence-corrected chi connectivity index (χ2v) is 7.34. The summed E-state index contributed by atoms with van der Waals surface area (Å²) >= 11 is 29.4. The summed E-state index contributed by atoms with van der Waals surface area (Å²) < 4.78 is 1.76. The normalized spacial score (nSPS) is 10.6. The Bertz CT molecular complexity index is 958. The molecule has 0 aliphatic rings. The molecule has 0 amide bonds. The zero-order chi connectivity index (χ0) is 18.7. The number of hydrogen-bond donors (Lipinski definition) is 2. The molecule has 0 saturated carbocycles. The van der Waals surface area contributed by atoms with Gasteiger partial charge in [0.1, 0.15) is 0 Å². The molecule has 26 heavy (non-hydrogen) atoms. The molecule has 0 radical (unpaired) electrons. The highest BCUT2D eigenvalue weighted by Crippen LogP contribution is 2.29. The van der Waals surface area contributed by atoms with E-state index in [1.807, 2.05) is 24.4 Å². The lowest BCUT2D eigenvalue weighted by Crippen LogP contribution is -2.19. The van der Waals surface area contributed by atoms with Crippen LogP contribution in [0, 0.1) is 0 Å². The largest absolute Gasteiger partial charge is 0.331 e. The fraction of sp³-hybridized carbons (Fsp3) is 0.0588. The number of aromatic nitrogens is 2. The Morgan fingerprint density at radius 1 is 0.962 bits per heavy atom. The van der Waals surface area contributed by atoms with E-state index in [0.717, 1.165) is 5.56 Å². The molecular weight excluding hydrogens is 434 g/mol. The Hall–Kier alpha value is -1.50. The topological polar surface area (TPSA) is 41.9 Å². The lowest BCUT2D eigenvalue weighted by molar-refractivity contribution is 0.690. The molecule has 3 rings (SSSR count). The Morgan fingerprint density at radius 3 is 2.54 bits per heavy atom. The van der Waals surface area contributed by atoms with E-state index in [4.69, 9.17) is 58.6 Å². The van der Waals surface area contributed by atoms with Crippen LogP contribution in [0.1, 0.15) is 5.56 Å². The number of nitrogens with zero attached hydrogens (tertiary/aromatic N) is 2. The third-order valence-electron chi connectivity index (χ3n) is 3.41. The first-order valence-electron chi connectivity index (χ1n) is 7.42. The van der Waals surface area contributed by atoms with Gasteiger partial charge in [-0.05, 0) is 42.0 Å². The lowest BCUT2D eigenvalue weighted by Gasteiger charge is -2.10.